The molecule has 0 radical (unpaired) electrons. The van der Waals surface area contributed by atoms with Gasteiger partial charge in [0.05, 0.1) is 0 Å². The Labute approximate surface area is 101 Å². The maximum Gasteiger partial charge on any atom is 0.185 e. The molecule has 2 aromatic rings. The SMILES string of the molecule is CCc1ccc(CC(=O)c2ccccn2)cc1. The van der Waals surface area contributed by atoms with Crippen LogP contribution in [0, 0.1) is 0 Å². The number of rotatable bonds is 4. The number of aryl methyl sites for hydroxylation is 1. The van der Waals surface area contributed by atoms with Gasteiger partial charge in [0.25, 0.3) is 0 Å². The Bertz CT molecular complexity index is 488. The van der Waals surface area contributed by atoms with Crippen LogP contribution in [0.4, 0.5) is 0 Å². The van der Waals surface area contributed by atoms with Crippen molar-refractivity contribution in [3.05, 3.63) is 65.5 Å². The summed E-state index contributed by atoms with van der Waals surface area (Å²) in [5, 5.41) is 0. The zero-order valence-corrected chi connectivity index (χ0v) is 9.89. The van der Waals surface area contributed by atoms with Crippen LogP contribution >= 0.6 is 0 Å². The lowest BCUT2D eigenvalue weighted by Crippen LogP contribution is -2.05. The Morgan fingerprint density at radius 2 is 1.76 bits per heavy atom. The van der Waals surface area contributed by atoms with Crippen molar-refractivity contribution in [1.29, 1.82) is 0 Å². The molecule has 0 aliphatic heterocycles. The van der Waals surface area contributed by atoms with Gasteiger partial charge in [0, 0.05) is 12.6 Å². The highest BCUT2D eigenvalue weighted by atomic mass is 16.1. The Balaban J connectivity index is 2.08. The molecule has 0 amide bonds. The van der Waals surface area contributed by atoms with Crippen molar-refractivity contribution in [2.45, 2.75) is 19.8 Å². The minimum Gasteiger partial charge on any atom is -0.292 e. The number of hydrogen-bond donors (Lipinski definition) is 0. The summed E-state index contributed by atoms with van der Waals surface area (Å²) in [4.78, 5) is 16.0. The zero-order chi connectivity index (χ0) is 12.1. The second kappa shape index (κ2) is 5.39. The van der Waals surface area contributed by atoms with Crippen molar-refractivity contribution in [3.63, 3.8) is 0 Å². The third-order valence-electron chi connectivity index (χ3n) is 2.75. The number of ketones is 1. The first-order valence-corrected chi connectivity index (χ1v) is 5.81. The molecule has 0 saturated carbocycles. The molecule has 0 N–H and O–H groups in total. The molecule has 1 aromatic carbocycles. The van der Waals surface area contributed by atoms with Crippen LogP contribution in [0.3, 0.4) is 0 Å². The van der Waals surface area contributed by atoms with E-state index in [1.807, 2.05) is 24.3 Å². The summed E-state index contributed by atoms with van der Waals surface area (Å²) < 4.78 is 0. The van der Waals surface area contributed by atoms with Crippen LogP contribution < -0.4 is 0 Å². The fourth-order valence-corrected chi connectivity index (χ4v) is 1.70. The van der Waals surface area contributed by atoms with Crippen LogP contribution in [-0.2, 0) is 12.8 Å². The maximum absolute atomic E-state index is 11.9. The van der Waals surface area contributed by atoms with E-state index in [2.05, 4.69) is 24.0 Å². The van der Waals surface area contributed by atoms with Gasteiger partial charge >= 0.3 is 0 Å². The molecular formula is C15H15NO. The van der Waals surface area contributed by atoms with Crippen molar-refractivity contribution in [2.24, 2.45) is 0 Å². The molecule has 86 valence electrons. The lowest BCUT2D eigenvalue weighted by Gasteiger charge is -2.02. The highest BCUT2D eigenvalue weighted by Gasteiger charge is 2.07. The van der Waals surface area contributed by atoms with Crippen LogP contribution in [0.15, 0.2) is 48.7 Å². The van der Waals surface area contributed by atoms with Crippen LogP contribution in [0.2, 0.25) is 0 Å². The second-order valence-corrected chi connectivity index (χ2v) is 3.98. The van der Waals surface area contributed by atoms with Crippen molar-refractivity contribution in [1.82, 2.24) is 4.98 Å². The highest BCUT2D eigenvalue weighted by Crippen LogP contribution is 2.08. The molecule has 0 unspecified atom stereocenters. The van der Waals surface area contributed by atoms with E-state index in [-0.39, 0.29) is 5.78 Å². The summed E-state index contributed by atoms with van der Waals surface area (Å²) in [6.07, 6.45) is 3.09. The highest BCUT2D eigenvalue weighted by molar-refractivity contribution is 5.95. The van der Waals surface area contributed by atoms with Gasteiger partial charge in [0.1, 0.15) is 5.69 Å². The van der Waals surface area contributed by atoms with Crippen molar-refractivity contribution in [3.8, 4) is 0 Å². The molecule has 0 atom stereocenters. The van der Waals surface area contributed by atoms with Crippen molar-refractivity contribution < 1.29 is 4.79 Å². The number of hydrogen-bond acceptors (Lipinski definition) is 2. The summed E-state index contributed by atoms with van der Waals surface area (Å²) in [7, 11) is 0. The summed E-state index contributed by atoms with van der Waals surface area (Å²) in [6.45, 7) is 2.12. The van der Waals surface area contributed by atoms with Crippen molar-refractivity contribution in [2.75, 3.05) is 0 Å². The molecule has 0 aliphatic carbocycles. The van der Waals surface area contributed by atoms with Gasteiger partial charge in [-0.25, -0.2) is 0 Å². The van der Waals surface area contributed by atoms with E-state index in [1.54, 1.807) is 12.3 Å². The Hall–Kier alpha value is -1.96. The summed E-state index contributed by atoms with van der Waals surface area (Å²) in [6, 6.07) is 13.6. The third kappa shape index (κ3) is 3.00. The van der Waals surface area contributed by atoms with E-state index in [9.17, 15) is 4.79 Å². The van der Waals surface area contributed by atoms with E-state index in [0.29, 0.717) is 12.1 Å². The first-order valence-electron chi connectivity index (χ1n) is 5.81. The Kier molecular flexibility index (Phi) is 3.66. The van der Waals surface area contributed by atoms with E-state index >= 15 is 0 Å². The maximum atomic E-state index is 11.9. The molecule has 2 rings (SSSR count). The van der Waals surface area contributed by atoms with Crippen LogP contribution in [0.1, 0.15) is 28.5 Å². The number of Topliss-reactive ketones (excluding diaryl/α,β-unsaturated/α-hetero) is 1. The lowest BCUT2D eigenvalue weighted by molar-refractivity contribution is 0.0988. The van der Waals surface area contributed by atoms with Gasteiger partial charge in [-0.3, -0.25) is 9.78 Å². The first-order chi connectivity index (χ1) is 8.29. The topological polar surface area (TPSA) is 30.0 Å². The van der Waals surface area contributed by atoms with Gasteiger partial charge in [0.2, 0.25) is 0 Å². The quantitative estimate of drug-likeness (QED) is 0.748. The van der Waals surface area contributed by atoms with Gasteiger partial charge in [0.15, 0.2) is 5.78 Å². The molecule has 2 heteroatoms. The van der Waals surface area contributed by atoms with Crippen LogP contribution in [0.5, 0.6) is 0 Å². The normalized spacial score (nSPS) is 10.2. The number of pyridine rings is 1. The Morgan fingerprint density at radius 1 is 1.06 bits per heavy atom. The van der Waals surface area contributed by atoms with E-state index in [0.717, 1.165) is 12.0 Å². The van der Waals surface area contributed by atoms with Crippen LogP contribution in [-0.4, -0.2) is 10.8 Å². The van der Waals surface area contributed by atoms with Gasteiger partial charge in [-0.2, -0.15) is 0 Å². The van der Waals surface area contributed by atoms with E-state index in [4.69, 9.17) is 0 Å². The summed E-state index contributed by atoms with van der Waals surface area (Å²) >= 11 is 0. The number of nitrogens with zero attached hydrogens (tertiary/aromatic N) is 1. The molecule has 0 bridgehead atoms. The average molecular weight is 225 g/mol. The third-order valence-corrected chi connectivity index (χ3v) is 2.75. The van der Waals surface area contributed by atoms with Crippen LogP contribution in [0.25, 0.3) is 0 Å². The zero-order valence-electron chi connectivity index (χ0n) is 9.89. The smallest absolute Gasteiger partial charge is 0.185 e. The van der Waals surface area contributed by atoms with Crippen molar-refractivity contribution >= 4 is 5.78 Å². The molecule has 17 heavy (non-hydrogen) atoms. The fraction of sp³-hybridized carbons (Fsp3) is 0.200. The molecule has 1 aromatic heterocycles. The van der Waals surface area contributed by atoms with Gasteiger partial charge in [-0.15, -0.1) is 0 Å². The number of carbonyl (C=O) groups excluding carboxylic acids is 1. The number of benzene rings is 1. The molecule has 0 spiro atoms. The molecule has 0 fully saturated rings. The minimum atomic E-state index is 0.0647. The predicted molar refractivity (Wildman–Crippen MR) is 68.1 cm³/mol. The van der Waals surface area contributed by atoms with Gasteiger partial charge < -0.3 is 0 Å². The first kappa shape index (κ1) is 11.5. The monoisotopic (exact) mass is 225 g/mol. The predicted octanol–water partition coefficient (Wildman–Crippen LogP) is 3.07. The fourth-order valence-electron chi connectivity index (χ4n) is 1.70. The average Bonchev–Trinajstić information content (AvgIpc) is 2.40. The number of aromatic nitrogens is 1. The van der Waals surface area contributed by atoms with Gasteiger partial charge in [-0.1, -0.05) is 37.3 Å². The lowest BCUT2D eigenvalue weighted by atomic mass is 10.0. The molecule has 0 saturated heterocycles. The molecular weight excluding hydrogens is 210 g/mol. The largest absolute Gasteiger partial charge is 0.292 e. The molecule has 2 nitrogen and oxygen atoms in total. The number of carbonyl (C=O) groups is 1. The summed E-state index contributed by atoms with van der Waals surface area (Å²) in [5.74, 6) is 0.0647. The molecule has 0 aliphatic rings. The van der Waals surface area contributed by atoms with E-state index in [1.165, 1.54) is 5.56 Å². The summed E-state index contributed by atoms with van der Waals surface area (Å²) in [5.41, 5.74) is 2.86. The standard InChI is InChI=1S/C15H15NO/c1-2-12-6-8-13(9-7-12)11-15(17)14-5-3-4-10-16-14/h3-10H,2,11H2,1H3. The minimum absolute atomic E-state index is 0.0647. The van der Waals surface area contributed by atoms with E-state index < -0.39 is 0 Å². The second-order valence-electron chi connectivity index (χ2n) is 3.98. The molecule has 1 heterocycles. The Morgan fingerprint density at radius 3 is 2.35 bits per heavy atom. The van der Waals surface area contributed by atoms with Gasteiger partial charge in [-0.05, 0) is 29.7 Å².